The Hall–Kier alpha value is -2.81. The minimum Gasteiger partial charge on any atom is -0.376 e. The number of carbonyl (C=O) groups is 1. The highest BCUT2D eigenvalue weighted by Crippen LogP contribution is 2.20. The van der Waals surface area contributed by atoms with Crippen molar-refractivity contribution in [3.8, 4) is 0 Å². The first-order valence-electron chi connectivity index (χ1n) is 10.0. The molecule has 9 heteroatoms. The lowest BCUT2D eigenvalue weighted by molar-refractivity contribution is 0.0931. The van der Waals surface area contributed by atoms with Gasteiger partial charge in [0.2, 0.25) is 11.9 Å². The highest BCUT2D eigenvalue weighted by molar-refractivity contribution is 5.95. The molecule has 9 nitrogen and oxygen atoms in total. The number of hydrogen-bond donors (Lipinski definition) is 1. The van der Waals surface area contributed by atoms with Crippen LogP contribution in [0, 0.1) is 6.92 Å². The molecule has 1 saturated heterocycles. The molecule has 4 rings (SSSR count). The molecule has 1 fully saturated rings. The smallest absolute Gasteiger partial charge is 0.254 e. The van der Waals surface area contributed by atoms with Crippen LogP contribution < -0.4 is 15.1 Å². The molecule has 29 heavy (non-hydrogen) atoms. The van der Waals surface area contributed by atoms with Crippen molar-refractivity contribution < 1.29 is 9.53 Å². The summed E-state index contributed by atoms with van der Waals surface area (Å²) in [5.41, 5.74) is 3.33. The van der Waals surface area contributed by atoms with E-state index in [2.05, 4.69) is 25.2 Å². The van der Waals surface area contributed by atoms with Gasteiger partial charge in [-0.2, -0.15) is 0 Å². The number of nitrogens with one attached hydrogen (secondary N) is 1. The molecule has 0 bridgehead atoms. The molecule has 1 unspecified atom stereocenters. The molecule has 1 N–H and O–H groups in total. The van der Waals surface area contributed by atoms with Crippen molar-refractivity contribution in [1.82, 2.24) is 25.3 Å². The Kier molecular flexibility index (Phi) is 5.57. The summed E-state index contributed by atoms with van der Waals surface area (Å²) in [7, 11) is 3.75. The summed E-state index contributed by atoms with van der Waals surface area (Å²) in [5.74, 6) is 1.19. The number of aryl methyl sites for hydroxylation is 1. The number of piperidine rings is 1. The van der Waals surface area contributed by atoms with Crippen molar-refractivity contribution in [3.63, 3.8) is 0 Å². The van der Waals surface area contributed by atoms with E-state index in [0.717, 1.165) is 43.0 Å². The van der Waals surface area contributed by atoms with Gasteiger partial charge in [0.15, 0.2) is 0 Å². The van der Waals surface area contributed by atoms with Gasteiger partial charge in [-0.25, -0.2) is 19.9 Å². The second-order valence-corrected chi connectivity index (χ2v) is 7.77. The van der Waals surface area contributed by atoms with Crippen molar-refractivity contribution in [1.29, 1.82) is 0 Å². The van der Waals surface area contributed by atoms with Crippen LogP contribution in [0.2, 0.25) is 0 Å². The zero-order valence-corrected chi connectivity index (χ0v) is 17.2. The lowest BCUT2D eigenvalue weighted by Crippen LogP contribution is -2.48. The summed E-state index contributed by atoms with van der Waals surface area (Å²) in [4.78, 5) is 34.7. The molecule has 0 spiro atoms. The maximum atomic E-state index is 12.8. The van der Waals surface area contributed by atoms with E-state index in [9.17, 15) is 4.79 Å². The van der Waals surface area contributed by atoms with Crippen molar-refractivity contribution in [3.05, 3.63) is 34.9 Å². The number of rotatable bonds is 4. The Labute approximate surface area is 170 Å². The van der Waals surface area contributed by atoms with E-state index in [-0.39, 0.29) is 11.9 Å². The predicted molar refractivity (Wildman–Crippen MR) is 109 cm³/mol. The van der Waals surface area contributed by atoms with Crippen molar-refractivity contribution in [2.24, 2.45) is 0 Å². The van der Waals surface area contributed by atoms with Crippen LogP contribution in [0.15, 0.2) is 12.4 Å². The first kappa shape index (κ1) is 19.5. The number of fused-ring (bicyclic) bond motifs is 1. The molecule has 1 amide bonds. The van der Waals surface area contributed by atoms with Crippen LogP contribution in [0.3, 0.4) is 0 Å². The maximum Gasteiger partial charge on any atom is 0.254 e. The van der Waals surface area contributed by atoms with Gasteiger partial charge in [0.25, 0.3) is 5.91 Å². The van der Waals surface area contributed by atoms with E-state index in [1.54, 1.807) is 6.20 Å². The molecule has 0 saturated carbocycles. The summed E-state index contributed by atoms with van der Waals surface area (Å²) >= 11 is 0. The SMILES string of the molecule is Cc1nc(N(C)C)ncc1C(=O)NC1CCCN(c2ncc3c(n2)CCOC3)C1. The van der Waals surface area contributed by atoms with Gasteiger partial charge in [-0.3, -0.25) is 4.79 Å². The Balaban J connectivity index is 1.43. The van der Waals surface area contributed by atoms with Gasteiger partial charge >= 0.3 is 0 Å². The normalized spacial score (nSPS) is 18.9. The number of anilines is 2. The number of amides is 1. The maximum absolute atomic E-state index is 12.8. The number of nitrogens with zero attached hydrogens (tertiary/aromatic N) is 6. The second kappa shape index (κ2) is 8.28. The average molecular weight is 397 g/mol. The van der Waals surface area contributed by atoms with Crippen LogP contribution in [0.4, 0.5) is 11.9 Å². The molecule has 2 aromatic heterocycles. The molecule has 4 heterocycles. The Morgan fingerprint density at radius 1 is 1.28 bits per heavy atom. The average Bonchev–Trinajstić information content (AvgIpc) is 2.73. The predicted octanol–water partition coefficient (Wildman–Crippen LogP) is 1.11. The molecular weight excluding hydrogens is 370 g/mol. The molecule has 0 aromatic carbocycles. The summed E-state index contributed by atoms with van der Waals surface area (Å²) < 4.78 is 5.46. The van der Waals surface area contributed by atoms with Gasteiger partial charge in [-0.05, 0) is 19.8 Å². The summed E-state index contributed by atoms with van der Waals surface area (Å²) in [5, 5.41) is 3.14. The van der Waals surface area contributed by atoms with Gasteiger partial charge in [0.05, 0.1) is 30.2 Å². The van der Waals surface area contributed by atoms with Crippen LogP contribution in [-0.4, -0.2) is 65.7 Å². The number of carbonyl (C=O) groups excluding carboxylic acids is 1. The summed E-state index contributed by atoms with van der Waals surface area (Å²) in [6.07, 6.45) is 6.19. The van der Waals surface area contributed by atoms with E-state index < -0.39 is 0 Å². The monoisotopic (exact) mass is 397 g/mol. The Morgan fingerprint density at radius 2 is 2.14 bits per heavy atom. The fourth-order valence-electron chi connectivity index (χ4n) is 3.70. The Morgan fingerprint density at radius 3 is 2.93 bits per heavy atom. The first-order chi connectivity index (χ1) is 14.0. The fraction of sp³-hybridized carbons (Fsp3) is 0.550. The zero-order chi connectivity index (χ0) is 20.4. The Bertz CT molecular complexity index is 902. The molecule has 0 aliphatic carbocycles. The summed E-state index contributed by atoms with van der Waals surface area (Å²) in [6, 6.07) is 0.0344. The van der Waals surface area contributed by atoms with Gasteiger partial charge in [0.1, 0.15) is 0 Å². The van der Waals surface area contributed by atoms with Gasteiger partial charge in [-0.15, -0.1) is 0 Å². The molecule has 2 aliphatic rings. The topological polar surface area (TPSA) is 96.4 Å². The molecule has 2 aromatic rings. The van der Waals surface area contributed by atoms with Gasteiger partial charge < -0.3 is 19.9 Å². The van der Waals surface area contributed by atoms with Gasteiger partial charge in [0, 0.05) is 57.6 Å². The van der Waals surface area contributed by atoms with Crippen molar-refractivity contribution >= 4 is 17.8 Å². The van der Waals surface area contributed by atoms with E-state index in [4.69, 9.17) is 9.72 Å². The zero-order valence-electron chi connectivity index (χ0n) is 17.2. The lowest BCUT2D eigenvalue weighted by atomic mass is 10.1. The lowest BCUT2D eigenvalue weighted by Gasteiger charge is -2.33. The van der Waals surface area contributed by atoms with Crippen LogP contribution in [0.25, 0.3) is 0 Å². The van der Waals surface area contributed by atoms with E-state index >= 15 is 0 Å². The second-order valence-electron chi connectivity index (χ2n) is 7.77. The largest absolute Gasteiger partial charge is 0.376 e. The standard InChI is InChI=1S/C20H27N7O2/c1-13-16(10-22-19(23-13)26(2)3)18(28)24-15-5-4-7-27(11-15)20-21-9-14-12-29-8-6-17(14)25-20/h9-10,15H,4-8,11-12H2,1-3H3,(H,24,28). The van der Waals surface area contributed by atoms with E-state index in [1.807, 2.05) is 32.1 Å². The molecule has 0 radical (unpaired) electrons. The molecule has 1 atom stereocenters. The number of hydrogen-bond acceptors (Lipinski definition) is 8. The number of ether oxygens (including phenoxy) is 1. The van der Waals surface area contributed by atoms with Gasteiger partial charge in [-0.1, -0.05) is 0 Å². The third-order valence-electron chi connectivity index (χ3n) is 5.33. The molecule has 2 aliphatic heterocycles. The highest BCUT2D eigenvalue weighted by atomic mass is 16.5. The minimum absolute atomic E-state index is 0.0344. The number of aromatic nitrogens is 4. The van der Waals surface area contributed by atoms with Crippen LogP contribution in [-0.2, 0) is 17.8 Å². The van der Waals surface area contributed by atoms with E-state index in [1.165, 1.54) is 0 Å². The first-order valence-corrected chi connectivity index (χ1v) is 10.0. The third kappa shape index (κ3) is 4.29. The highest BCUT2D eigenvalue weighted by Gasteiger charge is 2.25. The van der Waals surface area contributed by atoms with Crippen molar-refractivity contribution in [2.75, 3.05) is 43.6 Å². The van der Waals surface area contributed by atoms with Crippen LogP contribution in [0.1, 0.15) is 40.2 Å². The summed E-state index contributed by atoms with van der Waals surface area (Å²) in [6.45, 7) is 4.71. The third-order valence-corrected chi connectivity index (χ3v) is 5.33. The molecule has 154 valence electrons. The van der Waals surface area contributed by atoms with Crippen LogP contribution in [0.5, 0.6) is 0 Å². The van der Waals surface area contributed by atoms with Crippen LogP contribution >= 0.6 is 0 Å². The van der Waals surface area contributed by atoms with E-state index in [0.29, 0.717) is 37.0 Å². The molecular formula is C20H27N7O2. The fourth-order valence-corrected chi connectivity index (χ4v) is 3.70. The quantitative estimate of drug-likeness (QED) is 0.820. The van der Waals surface area contributed by atoms with Crippen molar-refractivity contribution in [2.45, 2.75) is 38.8 Å². The minimum atomic E-state index is -0.136.